The molecule has 1 heterocycles. The molecule has 0 saturated heterocycles. The summed E-state index contributed by atoms with van der Waals surface area (Å²) in [7, 11) is 0. The monoisotopic (exact) mass is 235 g/mol. The first-order chi connectivity index (χ1) is 8.30. The van der Waals surface area contributed by atoms with Crippen LogP contribution in [0, 0.1) is 0 Å². The quantitative estimate of drug-likeness (QED) is 0.750. The molecule has 17 heavy (non-hydrogen) atoms. The lowest BCUT2D eigenvalue weighted by molar-refractivity contribution is 0.266. The zero-order valence-electron chi connectivity index (χ0n) is 11.4. The van der Waals surface area contributed by atoms with Gasteiger partial charge in [-0.05, 0) is 50.6 Å². The fourth-order valence-corrected chi connectivity index (χ4v) is 2.01. The Hall–Kier alpha value is -1.09. The molecule has 0 atom stereocenters. The maximum atomic E-state index is 4.30. The van der Waals surface area contributed by atoms with Crippen LogP contribution in [0.5, 0.6) is 0 Å². The first-order valence-corrected chi connectivity index (χ1v) is 6.71. The molecule has 0 aliphatic carbocycles. The molecule has 0 bridgehead atoms. The Balaban J connectivity index is 2.60. The van der Waals surface area contributed by atoms with Crippen LogP contribution in [0.2, 0.25) is 0 Å². The molecule has 0 spiro atoms. The first kappa shape index (κ1) is 14.0. The molecule has 0 aliphatic rings. The molecule has 3 nitrogen and oxygen atoms in total. The van der Waals surface area contributed by atoms with Crippen LogP contribution in [0.25, 0.3) is 0 Å². The molecule has 1 N–H and O–H groups in total. The highest BCUT2D eigenvalue weighted by Gasteiger charge is 2.04. The second-order valence-corrected chi connectivity index (χ2v) is 4.36. The molecule has 0 aliphatic heterocycles. The maximum Gasteiger partial charge on any atom is 0.126 e. The van der Waals surface area contributed by atoms with Crippen molar-refractivity contribution in [3.05, 3.63) is 23.9 Å². The largest absolute Gasteiger partial charge is 0.370 e. The van der Waals surface area contributed by atoms with Crippen molar-refractivity contribution in [1.29, 1.82) is 0 Å². The fraction of sp³-hybridized carbons (Fsp3) is 0.643. The van der Waals surface area contributed by atoms with E-state index in [1.165, 1.54) is 31.5 Å². The molecule has 3 heteroatoms. The van der Waals surface area contributed by atoms with Gasteiger partial charge in [0.25, 0.3) is 0 Å². The van der Waals surface area contributed by atoms with Gasteiger partial charge < -0.3 is 5.32 Å². The predicted octanol–water partition coefficient (Wildman–Crippen LogP) is 3.14. The fourth-order valence-electron chi connectivity index (χ4n) is 2.01. The third kappa shape index (κ3) is 5.18. The summed E-state index contributed by atoms with van der Waals surface area (Å²) < 4.78 is 0. The van der Waals surface area contributed by atoms with Crippen LogP contribution < -0.4 is 5.32 Å². The van der Waals surface area contributed by atoms with E-state index in [0.29, 0.717) is 0 Å². The van der Waals surface area contributed by atoms with Crippen LogP contribution in [-0.4, -0.2) is 29.5 Å². The topological polar surface area (TPSA) is 28.2 Å². The van der Waals surface area contributed by atoms with Gasteiger partial charge in [0, 0.05) is 19.3 Å². The lowest BCUT2D eigenvalue weighted by Crippen LogP contribution is -2.24. The summed E-state index contributed by atoms with van der Waals surface area (Å²) in [5.41, 5.74) is 1.35. The van der Waals surface area contributed by atoms with Gasteiger partial charge in [-0.15, -0.1) is 0 Å². The summed E-state index contributed by atoms with van der Waals surface area (Å²) in [4.78, 5) is 6.80. The third-order valence-electron chi connectivity index (χ3n) is 2.67. The van der Waals surface area contributed by atoms with Gasteiger partial charge in [-0.2, -0.15) is 0 Å². The number of pyridine rings is 1. The summed E-state index contributed by atoms with van der Waals surface area (Å²) in [6.45, 7) is 10.9. The smallest absolute Gasteiger partial charge is 0.126 e. The standard InChI is InChI=1S/C14H25N3/c1-4-9-17(10-5-2)12-13-7-8-16-14(11-13)15-6-3/h7-8,11H,4-6,9-10,12H2,1-3H3,(H,15,16). The van der Waals surface area contributed by atoms with Crippen molar-refractivity contribution in [1.82, 2.24) is 9.88 Å². The number of anilines is 1. The number of nitrogens with zero attached hydrogens (tertiary/aromatic N) is 2. The zero-order valence-corrected chi connectivity index (χ0v) is 11.4. The van der Waals surface area contributed by atoms with Gasteiger partial charge in [0.1, 0.15) is 5.82 Å². The van der Waals surface area contributed by atoms with E-state index in [1.807, 2.05) is 6.20 Å². The Labute approximate surface area is 105 Å². The van der Waals surface area contributed by atoms with Gasteiger partial charge in [0.05, 0.1) is 0 Å². The minimum atomic E-state index is 0.921. The second-order valence-electron chi connectivity index (χ2n) is 4.36. The minimum absolute atomic E-state index is 0.921. The number of hydrogen-bond acceptors (Lipinski definition) is 3. The normalized spacial score (nSPS) is 10.8. The zero-order chi connectivity index (χ0) is 12.5. The van der Waals surface area contributed by atoms with E-state index in [1.54, 1.807) is 0 Å². The van der Waals surface area contributed by atoms with E-state index in [0.717, 1.165) is 18.9 Å². The lowest BCUT2D eigenvalue weighted by atomic mass is 10.2. The molecule has 0 radical (unpaired) electrons. The van der Waals surface area contributed by atoms with E-state index in [4.69, 9.17) is 0 Å². The van der Waals surface area contributed by atoms with E-state index in [-0.39, 0.29) is 0 Å². The molecule has 96 valence electrons. The summed E-state index contributed by atoms with van der Waals surface area (Å²) in [5.74, 6) is 0.984. The van der Waals surface area contributed by atoms with Crippen LogP contribution in [-0.2, 0) is 6.54 Å². The number of hydrogen-bond donors (Lipinski definition) is 1. The van der Waals surface area contributed by atoms with Gasteiger partial charge in [-0.3, -0.25) is 4.90 Å². The van der Waals surface area contributed by atoms with E-state index in [9.17, 15) is 0 Å². The Bertz CT molecular complexity index is 306. The number of rotatable bonds is 8. The Morgan fingerprint density at radius 2 is 1.88 bits per heavy atom. The molecule has 1 aromatic heterocycles. The van der Waals surface area contributed by atoms with Crippen molar-refractivity contribution in [3.63, 3.8) is 0 Å². The molecular weight excluding hydrogens is 210 g/mol. The Kier molecular flexibility index (Phi) is 6.63. The molecule has 0 saturated carbocycles. The van der Waals surface area contributed by atoms with Crippen molar-refractivity contribution in [3.8, 4) is 0 Å². The van der Waals surface area contributed by atoms with Crippen LogP contribution in [0.15, 0.2) is 18.3 Å². The van der Waals surface area contributed by atoms with Gasteiger partial charge in [0.2, 0.25) is 0 Å². The highest BCUT2D eigenvalue weighted by atomic mass is 15.1. The van der Waals surface area contributed by atoms with Gasteiger partial charge >= 0.3 is 0 Å². The van der Waals surface area contributed by atoms with E-state index >= 15 is 0 Å². The SMILES string of the molecule is CCCN(CCC)Cc1ccnc(NCC)c1. The lowest BCUT2D eigenvalue weighted by Gasteiger charge is -2.21. The van der Waals surface area contributed by atoms with Crippen LogP contribution in [0.4, 0.5) is 5.82 Å². The van der Waals surface area contributed by atoms with Crippen molar-refractivity contribution >= 4 is 5.82 Å². The minimum Gasteiger partial charge on any atom is -0.370 e. The summed E-state index contributed by atoms with van der Waals surface area (Å²) in [6, 6.07) is 4.26. The van der Waals surface area contributed by atoms with Gasteiger partial charge in [0.15, 0.2) is 0 Å². The second kappa shape index (κ2) is 8.07. The molecule has 1 rings (SSSR count). The van der Waals surface area contributed by atoms with Crippen LogP contribution in [0.1, 0.15) is 39.2 Å². The highest BCUT2D eigenvalue weighted by Crippen LogP contribution is 2.10. The van der Waals surface area contributed by atoms with Crippen molar-refractivity contribution in [2.75, 3.05) is 25.0 Å². The van der Waals surface area contributed by atoms with Crippen molar-refractivity contribution in [2.45, 2.75) is 40.2 Å². The van der Waals surface area contributed by atoms with Crippen molar-refractivity contribution in [2.24, 2.45) is 0 Å². The molecule has 0 aromatic carbocycles. The first-order valence-electron chi connectivity index (χ1n) is 6.71. The van der Waals surface area contributed by atoms with Crippen LogP contribution >= 0.6 is 0 Å². The van der Waals surface area contributed by atoms with E-state index < -0.39 is 0 Å². The van der Waals surface area contributed by atoms with Crippen LogP contribution in [0.3, 0.4) is 0 Å². The highest BCUT2D eigenvalue weighted by molar-refractivity contribution is 5.37. The molecule has 1 aromatic rings. The molecular formula is C14H25N3. The Morgan fingerprint density at radius 1 is 1.18 bits per heavy atom. The predicted molar refractivity (Wildman–Crippen MR) is 74.3 cm³/mol. The number of nitrogens with one attached hydrogen (secondary N) is 1. The summed E-state index contributed by atoms with van der Waals surface area (Å²) >= 11 is 0. The summed E-state index contributed by atoms with van der Waals surface area (Å²) in [5, 5.41) is 3.26. The van der Waals surface area contributed by atoms with Gasteiger partial charge in [-0.1, -0.05) is 13.8 Å². The molecule has 0 amide bonds. The number of aromatic nitrogens is 1. The molecule has 0 unspecified atom stereocenters. The average Bonchev–Trinajstić information content (AvgIpc) is 2.30. The Morgan fingerprint density at radius 3 is 2.47 bits per heavy atom. The van der Waals surface area contributed by atoms with E-state index in [2.05, 4.69) is 48.1 Å². The summed E-state index contributed by atoms with van der Waals surface area (Å²) in [6.07, 6.45) is 4.32. The average molecular weight is 235 g/mol. The van der Waals surface area contributed by atoms with Gasteiger partial charge in [-0.25, -0.2) is 4.98 Å². The maximum absolute atomic E-state index is 4.30. The van der Waals surface area contributed by atoms with Crippen molar-refractivity contribution < 1.29 is 0 Å². The third-order valence-corrected chi connectivity index (χ3v) is 2.67. The molecule has 0 fully saturated rings.